The Balaban J connectivity index is 1.59. The maximum Gasteiger partial charge on any atom is 0.283 e. The number of benzene rings is 3. The number of methoxy groups -OCH3 is 3. The summed E-state index contributed by atoms with van der Waals surface area (Å²) in [6, 6.07) is 14.4. The van der Waals surface area contributed by atoms with Gasteiger partial charge in [-0.25, -0.2) is 4.90 Å². The molecule has 0 bridgehead atoms. The van der Waals surface area contributed by atoms with Gasteiger partial charge in [0.1, 0.15) is 28.0 Å². The molecule has 1 aliphatic rings. The fourth-order valence-corrected chi connectivity index (χ4v) is 4.25. The van der Waals surface area contributed by atoms with Gasteiger partial charge in [-0.05, 0) is 55.0 Å². The maximum absolute atomic E-state index is 13.3. The number of nitrogens with zero attached hydrogens (tertiary/aromatic N) is 1. The third-order valence-electron chi connectivity index (χ3n) is 5.82. The molecule has 11 heteroatoms. The third kappa shape index (κ3) is 5.11. The number of halogens is 2. The lowest BCUT2D eigenvalue weighted by atomic mass is 10.1. The second kappa shape index (κ2) is 11.0. The number of carbonyl (C=O) groups is 3. The number of amides is 3. The van der Waals surface area contributed by atoms with Crippen LogP contribution in [0.1, 0.15) is 15.9 Å². The first-order chi connectivity index (χ1) is 18.2. The summed E-state index contributed by atoms with van der Waals surface area (Å²) in [5.41, 5.74) is 1.99. The molecule has 4 rings (SSSR count). The highest BCUT2D eigenvalue weighted by atomic mass is 35.5. The van der Waals surface area contributed by atoms with Gasteiger partial charge in [-0.15, -0.1) is 0 Å². The second-order valence-electron chi connectivity index (χ2n) is 8.13. The van der Waals surface area contributed by atoms with Gasteiger partial charge in [-0.2, -0.15) is 0 Å². The van der Waals surface area contributed by atoms with Crippen molar-refractivity contribution in [3.8, 4) is 17.2 Å². The first kappa shape index (κ1) is 26.8. The molecule has 0 atom stereocenters. The number of anilines is 3. The molecule has 0 radical (unpaired) electrons. The minimum Gasteiger partial charge on any atom is -0.497 e. The molecule has 1 heterocycles. The Bertz CT molecular complexity index is 1490. The van der Waals surface area contributed by atoms with Crippen LogP contribution < -0.4 is 29.7 Å². The normalized spacial score (nSPS) is 13.1. The highest BCUT2D eigenvalue weighted by molar-refractivity contribution is 6.53. The SMILES string of the molecule is COc1ccc(N2C(=O)C(Cl)=C(Nc3cc(C(=O)Nc4ccc(OC)c(Cl)c4)ccc3C)C2=O)c(OC)c1. The van der Waals surface area contributed by atoms with Gasteiger partial charge in [-0.1, -0.05) is 29.3 Å². The zero-order valence-electron chi connectivity index (χ0n) is 20.8. The molecule has 0 aliphatic carbocycles. The topological polar surface area (TPSA) is 106 Å². The molecule has 0 saturated heterocycles. The Labute approximate surface area is 228 Å². The summed E-state index contributed by atoms with van der Waals surface area (Å²) in [7, 11) is 4.40. The summed E-state index contributed by atoms with van der Waals surface area (Å²) in [5, 5.41) is 5.75. The monoisotopic (exact) mass is 555 g/mol. The quantitative estimate of drug-likeness (QED) is 0.360. The Kier molecular flexibility index (Phi) is 7.80. The summed E-state index contributed by atoms with van der Waals surface area (Å²) in [6.07, 6.45) is 0. The van der Waals surface area contributed by atoms with Crippen LogP contribution in [0.3, 0.4) is 0 Å². The molecule has 38 heavy (non-hydrogen) atoms. The van der Waals surface area contributed by atoms with Crippen LogP contribution in [0.4, 0.5) is 17.1 Å². The molecule has 2 N–H and O–H groups in total. The lowest BCUT2D eigenvalue weighted by molar-refractivity contribution is -0.120. The number of hydrogen-bond acceptors (Lipinski definition) is 7. The molecule has 3 aromatic rings. The van der Waals surface area contributed by atoms with Crippen LogP contribution in [0.2, 0.25) is 5.02 Å². The van der Waals surface area contributed by atoms with Gasteiger partial charge in [-0.3, -0.25) is 14.4 Å². The summed E-state index contributed by atoms with van der Waals surface area (Å²) < 4.78 is 15.7. The van der Waals surface area contributed by atoms with Gasteiger partial charge < -0.3 is 24.8 Å². The summed E-state index contributed by atoms with van der Waals surface area (Å²) >= 11 is 12.5. The summed E-state index contributed by atoms with van der Waals surface area (Å²) in [5.74, 6) is -0.576. The third-order valence-corrected chi connectivity index (χ3v) is 6.47. The number of hydrogen-bond donors (Lipinski definition) is 2. The largest absolute Gasteiger partial charge is 0.497 e. The van der Waals surface area contributed by atoms with Crippen LogP contribution in [-0.4, -0.2) is 39.1 Å². The Hall–Kier alpha value is -4.21. The first-order valence-corrected chi connectivity index (χ1v) is 12.0. The van der Waals surface area contributed by atoms with Crippen LogP contribution >= 0.6 is 23.2 Å². The van der Waals surface area contributed by atoms with E-state index in [0.717, 1.165) is 4.90 Å². The maximum atomic E-state index is 13.3. The highest BCUT2D eigenvalue weighted by Crippen LogP contribution is 2.38. The molecular formula is C27H23Cl2N3O6. The van der Waals surface area contributed by atoms with Crippen LogP contribution in [0.15, 0.2) is 65.3 Å². The molecule has 3 aromatic carbocycles. The van der Waals surface area contributed by atoms with E-state index in [1.165, 1.54) is 27.4 Å². The molecule has 0 aromatic heterocycles. The standard InChI is InChI=1S/C27H23Cl2N3O6/c1-14-5-6-15(25(33)30-16-7-10-21(37-3)18(28)12-16)11-19(14)31-24-23(29)26(34)32(27(24)35)20-9-8-17(36-2)13-22(20)38-4/h5-13,31H,1-4H3,(H,30,33). The molecular weight excluding hydrogens is 533 g/mol. The Morgan fingerprint density at radius 1 is 0.842 bits per heavy atom. The van der Waals surface area contributed by atoms with Gasteiger partial charge >= 0.3 is 0 Å². The van der Waals surface area contributed by atoms with Crippen molar-refractivity contribution in [2.45, 2.75) is 6.92 Å². The lowest BCUT2D eigenvalue weighted by Gasteiger charge is -2.19. The van der Waals surface area contributed by atoms with Gasteiger partial charge in [0.05, 0.1) is 32.0 Å². The van der Waals surface area contributed by atoms with Crippen LogP contribution in [-0.2, 0) is 9.59 Å². The summed E-state index contributed by atoms with van der Waals surface area (Å²) in [6.45, 7) is 1.78. The molecule has 9 nitrogen and oxygen atoms in total. The first-order valence-electron chi connectivity index (χ1n) is 11.2. The second-order valence-corrected chi connectivity index (χ2v) is 8.92. The fourth-order valence-electron chi connectivity index (χ4n) is 3.78. The predicted molar refractivity (Wildman–Crippen MR) is 146 cm³/mol. The van der Waals surface area contributed by atoms with Crippen molar-refractivity contribution in [2.75, 3.05) is 36.9 Å². The molecule has 0 spiro atoms. The Morgan fingerprint density at radius 3 is 2.24 bits per heavy atom. The van der Waals surface area contributed by atoms with E-state index < -0.39 is 17.7 Å². The number of rotatable bonds is 8. The minimum absolute atomic E-state index is 0.128. The van der Waals surface area contributed by atoms with Gasteiger partial charge in [0.15, 0.2) is 0 Å². The number of ether oxygens (including phenoxy) is 3. The van der Waals surface area contributed by atoms with E-state index in [9.17, 15) is 14.4 Å². The lowest BCUT2D eigenvalue weighted by Crippen LogP contribution is -2.32. The molecule has 0 unspecified atom stereocenters. The van der Waals surface area contributed by atoms with Crippen molar-refractivity contribution in [1.82, 2.24) is 0 Å². The van der Waals surface area contributed by atoms with Crippen LogP contribution in [0.5, 0.6) is 17.2 Å². The van der Waals surface area contributed by atoms with Crippen molar-refractivity contribution >= 4 is 58.0 Å². The van der Waals surface area contributed by atoms with E-state index in [4.69, 9.17) is 37.4 Å². The molecule has 0 saturated carbocycles. The van der Waals surface area contributed by atoms with E-state index in [1.807, 2.05) is 0 Å². The molecule has 196 valence electrons. The van der Waals surface area contributed by atoms with E-state index >= 15 is 0 Å². The van der Waals surface area contributed by atoms with Crippen LogP contribution in [0.25, 0.3) is 0 Å². The minimum atomic E-state index is -0.717. The highest BCUT2D eigenvalue weighted by Gasteiger charge is 2.40. The zero-order chi connectivity index (χ0) is 27.6. The van der Waals surface area contributed by atoms with Crippen LogP contribution in [0, 0.1) is 6.92 Å². The van der Waals surface area contributed by atoms with Gasteiger partial charge in [0.2, 0.25) is 0 Å². The predicted octanol–water partition coefficient (Wildman–Crippen LogP) is 5.36. The van der Waals surface area contributed by atoms with E-state index in [2.05, 4.69) is 10.6 Å². The molecule has 1 aliphatic heterocycles. The van der Waals surface area contributed by atoms with Crippen molar-refractivity contribution in [3.05, 3.63) is 81.5 Å². The number of imide groups is 1. The number of nitrogens with one attached hydrogen (secondary N) is 2. The van der Waals surface area contributed by atoms with Crippen molar-refractivity contribution < 1.29 is 28.6 Å². The number of carbonyl (C=O) groups excluding carboxylic acids is 3. The average Bonchev–Trinajstić information content (AvgIpc) is 3.12. The molecule has 0 fully saturated rings. The van der Waals surface area contributed by atoms with Crippen molar-refractivity contribution in [2.24, 2.45) is 0 Å². The van der Waals surface area contributed by atoms with E-state index in [1.54, 1.807) is 55.5 Å². The van der Waals surface area contributed by atoms with Gasteiger partial charge in [0, 0.05) is 23.0 Å². The smallest absolute Gasteiger partial charge is 0.283 e. The zero-order valence-corrected chi connectivity index (χ0v) is 22.4. The average molecular weight is 556 g/mol. The van der Waals surface area contributed by atoms with Crippen molar-refractivity contribution in [3.63, 3.8) is 0 Å². The fraction of sp³-hybridized carbons (Fsp3) is 0.148. The van der Waals surface area contributed by atoms with Crippen molar-refractivity contribution in [1.29, 1.82) is 0 Å². The summed E-state index contributed by atoms with van der Waals surface area (Å²) in [4.78, 5) is 40.1. The Morgan fingerprint density at radius 2 is 1.58 bits per heavy atom. The van der Waals surface area contributed by atoms with E-state index in [-0.39, 0.29) is 22.2 Å². The van der Waals surface area contributed by atoms with E-state index in [0.29, 0.717) is 39.0 Å². The number of aryl methyl sites for hydroxylation is 1. The van der Waals surface area contributed by atoms with Gasteiger partial charge in [0.25, 0.3) is 17.7 Å². The molecule has 3 amide bonds.